The van der Waals surface area contributed by atoms with Crippen molar-refractivity contribution < 1.29 is 9.47 Å². The standard InChI is InChI=1S/C10H22O2S/c1-4-5-11-6-7-12-8-10(2,3)9-13/h13H,4-9H2,1-3H3. The molecule has 0 spiro atoms. The fraction of sp³-hybridized carbons (Fsp3) is 1.00. The van der Waals surface area contributed by atoms with Crippen LogP contribution in [-0.2, 0) is 9.47 Å². The SMILES string of the molecule is CCCOCCOCC(C)(C)CS. The highest BCUT2D eigenvalue weighted by Gasteiger charge is 2.15. The normalized spacial score (nSPS) is 12.0. The van der Waals surface area contributed by atoms with Crippen LogP contribution >= 0.6 is 12.6 Å². The molecule has 0 bridgehead atoms. The first kappa shape index (κ1) is 13.3. The summed E-state index contributed by atoms with van der Waals surface area (Å²) in [6.07, 6.45) is 1.07. The maximum Gasteiger partial charge on any atom is 0.0700 e. The van der Waals surface area contributed by atoms with Crippen molar-refractivity contribution >= 4 is 12.6 Å². The van der Waals surface area contributed by atoms with Crippen LogP contribution in [0.1, 0.15) is 27.2 Å². The van der Waals surface area contributed by atoms with Gasteiger partial charge in [-0.25, -0.2) is 0 Å². The fourth-order valence-corrected chi connectivity index (χ4v) is 0.850. The predicted molar refractivity (Wildman–Crippen MR) is 59.6 cm³/mol. The van der Waals surface area contributed by atoms with Gasteiger partial charge in [-0.3, -0.25) is 0 Å². The van der Waals surface area contributed by atoms with Gasteiger partial charge in [0, 0.05) is 6.61 Å². The summed E-state index contributed by atoms with van der Waals surface area (Å²) in [5.41, 5.74) is 0.174. The molecule has 0 aromatic rings. The third kappa shape index (κ3) is 8.60. The average Bonchev–Trinajstić information content (AvgIpc) is 2.11. The quantitative estimate of drug-likeness (QED) is 0.485. The molecule has 0 aliphatic rings. The van der Waals surface area contributed by atoms with Crippen molar-refractivity contribution in [3.63, 3.8) is 0 Å². The van der Waals surface area contributed by atoms with Gasteiger partial charge in [0.25, 0.3) is 0 Å². The van der Waals surface area contributed by atoms with Gasteiger partial charge in [-0.05, 0) is 17.6 Å². The van der Waals surface area contributed by atoms with Crippen molar-refractivity contribution in [1.29, 1.82) is 0 Å². The first-order valence-corrected chi connectivity index (χ1v) is 5.52. The van der Waals surface area contributed by atoms with Gasteiger partial charge >= 0.3 is 0 Å². The molecule has 0 heterocycles. The Bertz CT molecular complexity index is 115. The van der Waals surface area contributed by atoms with E-state index in [0.29, 0.717) is 13.2 Å². The summed E-state index contributed by atoms with van der Waals surface area (Å²) < 4.78 is 10.7. The van der Waals surface area contributed by atoms with Crippen LogP contribution in [0.15, 0.2) is 0 Å². The Morgan fingerprint density at radius 2 is 1.69 bits per heavy atom. The highest BCUT2D eigenvalue weighted by molar-refractivity contribution is 7.80. The highest BCUT2D eigenvalue weighted by Crippen LogP contribution is 2.16. The second kappa shape index (κ2) is 7.65. The molecule has 0 radical (unpaired) electrons. The molecule has 13 heavy (non-hydrogen) atoms. The molecule has 0 aromatic carbocycles. The van der Waals surface area contributed by atoms with Crippen LogP contribution in [0.3, 0.4) is 0 Å². The fourth-order valence-electron chi connectivity index (χ4n) is 0.758. The van der Waals surface area contributed by atoms with Gasteiger partial charge in [-0.15, -0.1) is 0 Å². The zero-order valence-corrected chi connectivity index (χ0v) is 9.90. The van der Waals surface area contributed by atoms with Crippen molar-refractivity contribution in [1.82, 2.24) is 0 Å². The molecule has 0 unspecified atom stereocenters. The lowest BCUT2D eigenvalue weighted by Crippen LogP contribution is -2.22. The number of hydrogen-bond acceptors (Lipinski definition) is 3. The maximum atomic E-state index is 5.46. The molecule has 0 aromatic heterocycles. The number of ether oxygens (including phenoxy) is 2. The molecule has 0 aliphatic heterocycles. The van der Waals surface area contributed by atoms with Crippen molar-refractivity contribution in [3.8, 4) is 0 Å². The van der Waals surface area contributed by atoms with Crippen LogP contribution in [0, 0.1) is 5.41 Å². The Morgan fingerprint density at radius 3 is 2.23 bits per heavy atom. The van der Waals surface area contributed by atoms with E-state index in [-0.39, 0.29) is 5.41 Å². The monoisotopic (exact) mass is 206 g/mol. The molecule has 0 amide bonds. The summed E-state index contributed by atoms with van der Waals surface area (Å²) in [6, 6.07) is 0. The largest absolute Gasteiger partial charge is 0.379 e. The van der Waals surface area contributed by atoms with Crippen molar-refractivity contribution in [2.45, 2.75) is 27.2 Å². The second-order valence-electron chi connectivity index (χ2n) is 3.99. The molecule has 0 rings (SSSR count). The molecular formula is C10H22O2S. The van der Waals surface area contributed by atoms with Gasteiger partial charge in [0.05, 0.1) is 19.8 Å². The molecule has 0 N–H and O–H groups in total. The van der Waals surface area contributed by atoms with E-state index in [0.717, 1.165) is 25.4 Å². The van der Waals surface area contributed by atoms with Crippen molar-refractivity contribution in [3.05, 3.63) is 0 Å². The third-order valence-corrected chi connectivity index (χ3v) is 2.50. The second-order valence-corrected chi connectivity index (χ2v) is 4.30. The molecule has 2 nitrogen and oxygen atoms in total. The molecule has 0 saturated heterocycles. The van der Waals surface area contributed by atoms with Crippen LogP contribution in [0.2, 0.25) is 0 Å². The molecule has 3 heteroatoms. The summed E-state index contributed by atoms with van der Waals surface area (Å²) in [4.78, 5) is 0. The van der Waals surface area contributed by atoms with Crippen LogP contribution in [-0.4, -0.2) is 32.2 Å². The Kier molecular flexibility index (Phi) is 7.81. The zero-order valence-electron chi connectivity index (χ0n) is 9.01. The summed E-state index contributed by atoms with van der Waals surface area (Å²) in [7, 11) is 0. The number of hydrogen-bond donors (Lipinski definition) is 1. The van der Waals surface area contributed by atoms with E-state index in [2.05, 4.69) is 33.4 Å². The minimum absolute atomic E-state index is 0.174. The van der Waals surface area contributed by atoms with Crippen molar-refractivity contribution in [2.75, 3.05) is 32.2 Å². The van der Waals surface area contributed by atoms with Gasteiger partial charge in [0.2, 0.25) is 0 Å². The van der Waals surface area contributed by atoms with E-state index in [1.54, 1.807) is 0 Å². The van der Waals surface area contributed by atoms with E-state index < -0.39 is 0 Å². The Hall–Kier alpha value is 0.270. The van der Waals surface area contributed by atoms with E-state index in [9.17, 15) is 0 Å². The molecule has 0 fully saturated rings. The van der Waals surface area contributed by atoms with Crippen LogP contribution < -0.4 is 0 Å². The average molecular weight is 206 g/mol. The van der Waals surface area contributed by atoms with Gasteiger partial charge in [-0.2, -0.15) is 12.6 Å². The lowest BCUT2D eigenvalue weighted by atomic mass is 9.98. The summed E-state index contributed by atoms with van der Waals surface area (Å²) in [5.74, 6) is 0.850. The Balaban J connectivity index is 3.16. The lowest BCUT2D eigenvalue weighted by molar-refractivity contribution is 0.0208. The third-order valence-electron chi connectivity index (χ3n) is 1.64. The molecule has 80 valence electrons. The summed E-state index contributed by atoms with van der Waals surface area (Å²) in [5, 5.41) is 0. The molecule has 0 atom stereocenters. The van der Waals surface area contributed by atoms with E-state index in [1.165, 1.54) is 0 Å². The zero-order chi connectivity index (χ0) is 10.2. The Morgan fingerprint density at radius 1 is 1.08 bits per heavy atom. The van der Waals surface area contributed by atoms with Gasteiger partial charge < -0.3 is 9.47 Å². The first-order valence-electron chi connectivity index (χ1n) is 4.89. The summed E-state index contributed by atoms with van der Waals surface area (Å²) >= 11 is 4.25. The van der Waals surface area contributed by atoms with Crippen LogP contribution in [0.5, 0.6) is 0 Å². The smallest absolute Gasteiger partial charge is 0.0700 e. The topological polar surface area (TPSA) is 18.5 Å². The van der Waals surface area contributed by atoms with Crippen molar-refractivity contribution in [2.24, 2.45) is 5.41 Å². The predicted octanol–water partition coefficient (Wildman–Crippen LogP) is 2.39. The van der Waals surface area contributed by atoms with E-state index in [1.807, 2.05) is 0 Å². The van der Waals surface area contributed by atoms with Gasteiger partial charge in [0.15, 0.2) is 0 Å². The minimum atomic E-state index is 0.174. The minimum Gasteiger partial charge on any atom is -0.379 e. The highest BCUT2D eigenvalue weighted by atomic mass is 32.1. The van der Waals surface area contributed by atoms with E-state index >= 15 is 0 Å². The lowest BCUT2D eigenvalue weighted by Gasteiger charge is -2.21. The van der Waals surface area contributed by atoms with E-state index in [4.69, 9.17) is 9.47 Å². The summed E-state index contributed by atoms with van der Waals surface area (Å²) in [6.45, 7) is 9.38. The number of rotatable bonds is 8. The van der Waals surface area contributed by atoms with Gasteiger partial charge in [-0.1, -0.05) is 20.8 Å². The number of thiol groups is 1. The van der Waals surface area contributed by atoms with Crippen LogP contribution in [0.4, 0.5) is 0 Å². The Labute approximate surface area is 87.4 Å². The maximum absolute atomic E-state index is 5.46. The first-order chi connectivity index (χ1) is 6.12. The van der Waals surface area contributed by atoms with Gasteiger partial charge in [0.1, 0.15) is 0 Å². The van der Waals surface area contributed by atoms with Crippen LogP contribution in [0.25, 0.3) is 0 Å². The molecular weight excluding hydrogens is 184 g/mol. The molecule has 0 aliphatic carbocycles. The molecule has 0 saturated carbocycles.